The molecule has 0 fully saturated rings. The van der Waals surface area contributed by atoms with Crippen molar-refractivity contribution in [3.8, 4) is 5.75 Å². The predicted octanol–water partition coefficient (Wildman–Crippen LogP) is 3.12. The number of hydrogen-bond acceptors (Lipinski definition) is 3. The Balaban J connectivity index is 2.47. The van der Waals surface area contributed by atoms with E-state index in [-0.39, 0.29) is 0 Å². The molecule has 0 saturated carbocycles. The first-order valence-corrected chi connectivity index (χ1v) is 7.13. The van der Waals surface area contributed by atoms with Crippen molar-refractivity contribution in [2.24, 2.45) is 0 Å². The molecule has 2 rings (SSSR count). The van der Waals surface area contributed by atoms with Gasteiger partial charge >= 0.3 is 0 Å². The van der Waals surface area contributed by atoms with Crippen molar-refractivity contribution < 1.29 is 22.3 Å². The van der Waals surface area contributed by atoms with E-state index >= 15 is 0 Å². The highest BCUT2D eigenvalue weighted by molar-refractivity contribution is 7.92. The zero-order chi connectivity index (χ0) is 14.9. The van der Waals surface area contributed by atoms with Crippen LogP contribution in [0, 0.1) is 11.6 Å². The van der Waals surface area contributed by atoms with Crippen LogP contribution in [0.2, 0.25) is 5.02 Å². The van der Waals surface area contributed by atoms with E-state index < -0.39 is 43.0 Å². The summed E-state index contributed by atoms with van der Waals surface area (Å²) >= 11 is 5.60. The number of nitrogens with one attached hydrogen (secondary N) is 1. The number of para-hydroxylation sites is 1. The van der Waals surface area contributed by atoms with Crippen molar-refractivity contribution in [1.29, 1.82) is 0 Å². The van der Waals surface area contributed by atoms with Gasteiger partial charge in [-0.15, -0.1) is 0 Å². The lowest BCUT2D eigenvalue weighted by Gasteiger charge is -2.11. The molecule has 0 aromatic heterocycles. The molecule has 0 aliphatic rings. The van der Waals surface area contributed by atoms with Crippen LogP contribution in [0.5, 0.6) is 5.75 Å². The first-order chi connectivity index (χ1) is 9.31. The van der Waals surface area contributed by atoms with Gasteiger partial charge in [0.05, 0.1) is 5.02 Å². The Morgan fingerprint density at radius 1 is 1.15 bits per heavy atom. The normalized spacial score (nSPS) is 11.3. The maximum absolute atomic E-state index is 13.5. The van der Waals surface area contributed by atoms with Crippen LogP contribution in [0.4, 0.5) is 14.5 Å². The molecule has 106 valence electrons. The van der Waals surface area contributed by atoms with Gasteiger partial charge in [0, 0.05) is 6.07 Å². The van der Waals surface area contributed by atoms with E-state index in [1.165, 1.54) is 12.1 Å². The summed E-state index contributed by atoms with van der Waals surface area (Å²) in [4.78, 5) is -0.445. The summed E-state index contributed by atoms with van der Waals surface area (Å²) in [5.41, 5.74) is -0.587. The van der Waals surface area contributed by atoms with E-state index in [4.69, 9.17) is 11.6 Å². The summed E-state index contributed by atoms with van der Waals surface area (Å²) in [6.45, 7) is 0. The minimum absolute atomic E-state index is 0.429. The molecule has 0 amide bonds. The molecule has 2 N–H and O–H groups in total. The number of phenols is 1. The second kappa shape index (κ2) is 5.26. The first-order valence-electron chi connectivity index (χ1n) is 5.26. The molecule has 8 heteroatoms. The van der Waals surface area contributed by atoms with Gasteiger partial charge in [-0.25, -0.2) is 17.2 Å². The van der Waals surface area contributed by atoms with Crippen molar-refractivity contribution in [2.75, 3.05) is 4.72 Å². The lowest BCUT2D eigenvalue weighted by molar-refractivity contribution is 0.459. The zero-order valence-corrected chi connectivity index (χ0v) is 11.3. The molecule has 0 spiro atoms. The van der Waals surface area contributed by atoms with Crippen LogP contribution < -0.4 is 4.72 Å². The minimum atomic E-state index is -4.25. The van der Waals surface area contributed by atoms with Crippen LogP contribution in [-0.4, -0.2) is 13.5 Å². The van der Waals surface area contributed by atoms with Crippen LogP contribution in [0.15, 0.2) is 41.3 Å². The highest BCUT2D eigenvalue weighted by atomic mass is 35.5. The Bertz CT molecular complexity index is 742. The number of benzene rings is 2. The Morgan fingerprint density at radius 2 is 1.80 bits per heavy atom. The molecule has 0 radical (unpaired) electrons. The fraction of sp³-hybridized carbons (Fsp3) is 0. The van der Waals surface area contributed by atoms with Crippen LogP contribution in [0.1, 0.15) is 0 Å². The maximum atomic E-state index is 13.5. The van der Waals surface area contributed by atoms with E-state index in [1.54, 1.807) is 0 Å². The SMILES string of the molecule is O=S(=O)(Nc1c(F)cc(F)cc1Cl)c1ccccc1O. The molecular weight excluding hydrogens is 312 g/mol. The second-order valence-electron chi connectivity index (χ2n) is 3.82. The molecular formula is C12H8ClF2NO3S. The molecule has 0 aliphatic heterocycles. The maximum Gasteiger partial charge on any atom is 0.265 e. The molecule has 0 bridgehead atoms. The molecule has 20 heavy (non-hydrogen) atoms. The number of sulfonamides is 1. The standard InChI is InChI=1S/C12H8ClF2NO3S/c13-8-5-7(14)6-9(15)12(8)16-20(18,19)11-4-2-1-3-10(11)17/h1-6,16-17H. The van der Waals surface area contributed by atoms with E-state index in [2.05, 4.69) is 0 Å². The highest BCUT2D eigenvalue weighted by Gasteiger charge is 2.21. The van der Waals surface area contributed by atoms with Gasteiger partial charge in [0.25, 0.3) is 10.0 Å². The van der Waals surface area contributed by atoms with Gasteiger partial charge < -0.3 is 5.11 Å². The summed E-state index contributed by atoms with van der Waals surface area (Å²) in [7, 11) is -4.25. The molecule has 0 aliphatic carbocycles. The summed E-state index contributed by atoms with van der Waals surface area (Å²) in [6, 6.07) is 6.38. The lowest BCUT2D eigenvalue weighted by Crippen LogP contribution is -2.14. The molecule has 0 atom stereocenters. The Labute approximate surface area is 118 Å². The quantitative estimate of drug-likeness (QED) is 0.913. The predicted molar refractivity (Wildman–Crippen MR) is 70.3 cm³/mol. The van der Waals surface area contributed by atoms with Crippen LogP contribution >= 0.6 is 11.6 Å². The van der Waals surface area contributed by atoms with Gasteiger partial charge in [0.15, 0.2) is 5.82 Å². The topological polar surface area (TPSA) is 66.4 Å². The van der Waals surface area contributed by atoms with Crippen LogP contribution in [-0.2, 0) is 10.0 Å². The number of hydrogen-bond donors (Lipinski definition) is 2. The fourth-order valence-corrected chi connectivity index (χ4v) is 3.00. The molecule has 2 aromatic carbocycles. The van der Waals surface area contributed by atoms with Gasteiger partial charge in [-0.3, -0.25) is 4.72 Å². The molecule has 0 unspecified atom stereocenters. The monoisotopic (exact) mass is 319 g/mol. The third kappa shape index (κ3) is 2.83. The molecule has 0 saturated heterocycles. The Kier molecular flexibility index (Phi) is 3.82. The van der Waals surface area contributed by atoms with Crippen LogP contribution in [0.25, 0.3) is 0 Å². The number of halogens is 3. The van der Waals surface area contributed by atoms with Gasteiger partial charge in [-0.2, -0.15) is 0 Å². The van der Waals surface area contributed by atoms with E-state index in [9.17, 15) is 22.3 Å². The van der Waals surface area contributed by atoms with Crippen LogP contribution in [0.3, 0.4) is 0 Å². The first kappa shape index (κ1) is 14.5. The molecule has 4 nitrogen and oxygen atoms in total. The van der Waals surface area contributed by atoms with Gasteiger partial charge in [-0.05, 0) is 18.2 Å². The number of rotatable bonds is 3. The van der Waals surface area contributed by atoms with Crippen molar-refractivity contribution >= 4 is 27.3 Å². The number of aromatic hydroxyl groups is 1. The number of phenolic OH excluding ortho intramolecular Hbond substituents is 1. The average molecular weight is 320 g/mol. The largest absolute Gasteiger partial charge is 0.507 e. The smallest absolute Gasteiger partial charge is 0.265 e. The highest BCUT2D eigenvalue weighted by Crippen LogP contribution is 2.30. The van der Waals surface area contributed by atoms with E-state index in [0.717, 1.165) is 18.2 Å². The third-order valence-electron chi connectivity index (χ3n) is 2.40. The Morgan fingerprint density at radius 3 is 2.40 bits per heavy atom. The van der Waals surface area contributed by atoms with Crippen molar-refractivity contribution in [3.63, 3.8) is 0 Å². The summed E-state index contributed by atoms with van der Waals surface area (Å²) in [6.07, 6.45) is 0. The summed E-state index contributed by atoms with van der Waals surface area (Å²) < 4.78 is 52.4. The van der Waals surface area contributed by atoms with E-state index in [0.29, 0.717) is 6.07 Å². The minimum Gasteiger partial charge on any atom is -0.507 e. The zero-order valence-electron chi connectivity index (χ0n) is 9.77. The lowest BCUT2D eigenvalue weighted by atomic mass is 10.3. The summed E-state index contributed by atoms with van der Waals surface area (Å²) in [5, 5.41) is 9.07. The number of anilines is 1. The summed E-state index contributed by atoms with van der Waals surface area (Å²) in [5.74, 6) is -2.59. The van der Waals surface area contributed by atoms with Crippen molar-refractivity contribution in [3.05, 3.63) is 53.1 Å². The van der Waals surface area contributed by atoms with Crippen molar-refractivity contribution in [2.45, 2.75) is 4.90 Å². The van der Waals surface area contributed by atoms with Gasteiger partial charge in [0.1, 0.15) is 22.1 Å². The van der Waals surface area contributed by atoms with Gasteiger partial charge in [-0.1, -0.05) is 23.7 Å². The molecule has 0 heterocycles. The van der Waals surface area contributed by atoms with Gasteiger partial charge in [0.2, 0.25) is 0 Å². The second-order valence-corrected chi connectivity index (χ2v) is 5.88. The molecule has 2 aromatic rings. The fourth-order valence-electron chi connectivity index (χ4n) is 1.51. The van der Waals surface area contributed by atoms with E-state index in [1.807, 2.05) is 4.72 Å². The Hall–Kier alpha value is -1.86. The third-order valence-corrected chi connectivity index (χ3v) is 4.09. The van der Waals surface area contributed by atoms with Crippen molar-refractivity contribution in [1.82, 2.24) is 0 Å². The average Bonchev–Trinajstić information content (AvgIpc) is 2.34.